The van der Waals surface area contributed by atoms with Gasteiger partial charge >= 0.3 is 0 Å². The van der Waals surface area contributed by atoms with Crippen LogP contribution in [0.15, 0.2) is 72.1 Å². The minimum atomic E-state index is 0.707. The Morgan fingerprint density at radius 2 is 1.81 bits per heavy atom. The van der Waals surface area contributed by atoms with Crippen molar-refractivity contribution in [1.82, 2.24) is 25.0 Å². The molecule has 0 atom stereocenters. The van der Waals surface area contributed by atoms with Gasteiger partial charge in [-0.25, -0.2) is 0 Å². The first-order valence-electron chi connectivity index (χ1n) is 8.68. The minimum absolute atomic E-state index is 0.707. The number of aromatic amines is 1. The molecule has 0 saturated heterocycles. The Morgan fingerprint density at radius 3 is 2.56 bits per heavy atom. The Balaban J connectivity index is 1.58. The molecule has 0 amide bonds. The van der Waals surface area contributed by atoms with Gasteiger partial charge in [0.05, 0.1) is 6.20 Å². The van der Waals surface area contributed by atoms with Crippen molar-refractivity contribution in [2.45, 2.75) is 18.0 Å². The van der Waals surface area contributed by atoms with E-state index in [4.69, 9.17) is 11.6 Å². The zero-order valence-electron chi connectivity index (χ0n) is 14.5. The average molecular weight is 396 g/mol. The number of para-hydroxylation sites is 1. The van der Waals surface area contributed by atoms with Crippen LogP contribution in [0.25, 0.3) is 17.1 Å². The third-order valence-corrected chi connectivity index (χ3v) is 5.41. The van der Waals surface area contributed by atoms with Crippen LogP contribution in [0.5, 0.6) is 0 Å². The number of H-pyrrole nitrogens is 1. The third kappa shape index (κ3) is 4.23. The fourth-order valence-electron chi connectivity index (χ4n) is 2.81. The van der Waals surface area contributed by atoms with Crippen molar-refractivity contribution in [3.63, 3.8) is 0 Å². The van der Waals surface area contributed by atoms with E-state index in [1.54, 1.807) is 11.8 Å². The molecule has 1 N–H and O–H groups in total. The first-order valence-corrected chi connectivity index (χ1v) is 10.0. The van der Waals surface area contributed by atoms with E-state index in [2.05, 4.69) is 37.1 Å². The summed E-state index contributed by atoms with van der Waals surface area (Å²) in [6, 6.07) is 17.9. The Labute approximate surface area is 166 Å². The first-order chi connectivity index (χ1) is 13.3. The van der Waals surface area contributed by atoms with Crippen molar-refractivity contribution < 1.29 is 0 Å². The fourth-order valence-corrected chi connectivity index (χ4v) is 3.83. The van der Waals surface area contributed by atoms with E-state index in [1.165, 1.54) is 5.56 Å². The largest absolute Gasteiger partial charge is 0.285 e. The number of nitrogens with zero attached hydrogens (tertiary/aromatic N) is 4. The molecule has 4 aromatic rings. The van der Waals surface area contributed by atoms with E-state index in [0.29, 0.717) is 5.02 Å². The number of hydrogen-bond acceptors (Lipinski definition) is 4. The Hall–Kier alpha value is -2.57. The van der Waals surface area contributed by atoms with Crippen molar-refractivity contribution in [2.24, 2.45) is 0 Å². The molecule has 7 heteroatoms. The van der Waals surface area contributed by atoms with Gasteiger partial charge < -0.3 is 0 Å². The van der Waals surface area contributed by atoms with Crippen LogP contribution < -0.4 is 0 Å². The lowest BCUT2D eigenvalue weighted by atomic mass is 10.2. The standard InChI is InChI=1S/C20H18ClN5S/c21-17-10-8-16(9-11-17)19-24-25-20(26(19)18-6-2-1-3-7-18)27-12-4-5-15-13-22-23-14-15/h1-3,6-11,13-14H,4-5,12H2,(H,22,23). The number of hydrogen-bond donors (Lipinski definition) is 1. The molecule has 5 nitrogen and oxygen atoms in total. The van der Waals surface area contributed by atoms with Crippen LogP contribution in [-0.2, 0) is 6.42 Å². The van der Waals surface area contributed by atoms with Crippen LogP contribution in [0.1, 0.15) is 12.0 Å². The number of halogens is 1. The van der Waals surface area contributed by atoms with Gasteiger partial charge in [0.2, 0.25) is 0 Å². The van der Waals surface area contributed by atoms with Crippen molar-refractivity contribution >= 4 is 23.4 Å². The van der Waals surface area contributed by atoms with Gasteiger partial charge in [-0.3, -0.25) is 9.67 Å². The quantitative estimate of drug-likeness (QED) is 0.352. The summed E-state index contributed by atoms with van der Waals surface area (Å²) in [4.78, 5) is 0. The normalized spacial score (nSPS) is 11.0. The van der Waals surface area contributed by atoms with Crippen molar-refractivity contribution in [1.29, 1.82) is 0 Å². The highest BCUT2D eigenvalue weighted by atomic mass is 35.5. The van der Waals surface area contributed by atoms with Crippen LogP contribution >= 0.6 is 23.4 Å². The summed E-state index contributed by atoms with van der Waals surface area (Å²) in [7, 11) is 0. The number of nitrogens with one attached hydrogen (secondary N) is 1. The smallest absolute Gasteiger partial charge is 0.196 e. The molecule has 2 aromatic heterocycles. The van der Waals surface area contributed by atoms with E-state index in [-0.39, 0.29) is 0 Å². The zero-order valence-corrected chi connectivity index (χ0v) is 16.1. The van der Waals surface area contributed by atoms with Gasteiger partial charge in [0.15, 0.2) is 11.0 Å². The predicted molar refractivity (Wildman–Crippen MR) is 109 cm³/mol. The second kappa shape index (κ2) is 8.41. The fraction of sp³-hybridized carbons (Fsp3) is 0.150. The molecule has 0 radical (unpaired) electrons. The lowest BCUT2D eigenvalue weighted by Crippen LogP contribution is -2.00. The van der Waals surface area contributed by atoms with Gasteiger partial charge in [-0.1, -0.05) is 41.6 Å². The molecule has 4 rings (SSSR count). The number of benzene rings is 2. The summed E-state index contributed by atoms with van der Waals surface area (Å²) in [5.74, 6) is 1.77. The molecule has 2 heterocycles. The molecule has 0 aliphatic carbocycles. The monoisotopic (exact) mass is 395 g/mol. The van der Waals surface area contributed by atoms with Crippen LogP contribution in [-0.4, -0.2) is 30.7 Å². The molecule has 136 valence electrons. The summed E-state index contributed by atoms with van der Waals surface area (Å²) in [6.07, 6.45) is 5.85. The van der Waals surface area contributed by atoms with E-state index < -0.39 is 0 Å². The number of aryl methyl sites for hydroxylation is 1. The van der Waals surface area contributed by atoms with E-state index in [9.17, 15) is 0 Å². The van der Waals surface area contributed by atoms with E-state index in [1.807, 2.05) is 54.9 Å². The van der Waals surface area contributed by atoms with Gasteiger partial charge in [-0.05, 0) is 54.8 Å². The molecule has 0 aliphatic heterocycles. The Bertz CT molecular complexity index is 981. The molecule has 2 aromatic carbocycles. The Morgan fingerprint density at radius 1 is 1.00 bits per heavy atom. The SMILES string of the molecule is Clc1ccc(-c2nnc(SCCCc3cn[nH]c3)n2-c2ccccc2)cc1. The van der Waals surface area contributed by atoms with Crippen molar-refractivity contribution in [3.05, 3.63) is 77.6 Å². The van der Waals surface area contributed by atoms with E-state index >= 15 is 0 Å². The third-order valence-electron chi connectivity index (χ3n) is 4.15. The molecule has 0 saturated carbocycles. The topological polar surface area (TPSA) is 59.4 Å². The molecule has 0 aliphatic rings. The van der Waals surface area contributed by atoms with Gasteiger partial charge in [0.1, 0.15) is 0 Å². The molecule has 0 unspecified atom stereocenters. The predicted octanol–water partition coefficient (Wildman–Crippen LogP) is 5.04. The van der Waals surface area contributed by atoms with Gasteiger partial charge in [-0.15, -0.1) is 10.2 Å². The highest BCUT2D eigenvalue weighted by molar-refractivity contribution is 7.99. The lowest BCUT2D eigenvalue weighted by molar-refractivity contribution is 0.875. The number of thioether (sulfide) groups is 1. The second-order valence-corrected chi connectivity index (χ2v) is 7.54. The van der Waals surface area contributed by atoms with Crippen molar-refractivity contribution in [2.75, 3.05) is 5.75 Å². The lowest BCUT2D eigenvalue weighted by Gasteiger charge is -2.10. The number of aromatic nitrogens is 5. The van der Waals surface area contributed by atoms with Crippen LogP contribution in [0, 0.1) is 0 Å². The highest BCUT2D eigenvalue weighted by Gasteiger charge is 2.16. The Kier molecular flexibility index (Phi) is 5.55. The van der Waals surface area contributed by atoms with E-state index in [0.717, 1.165) is 40.8 Å². The molecule has 0 spiro atoms. The average Bonchev–Trinajstić information content (AvgIpc) is 3.36. The zero-order chi connectivity index (χ0) is 18.5. The molecule has 0 fully saturated rings. The van der Waals surface area contributed by atoms with Crippen LogP contribution in [0.4, 0.5) is 0 Å². The van der Waals surface area contributed by atoms with Crippen LogP contribution in [0.2, 0.25) is 5.02 Å². The molecule has 27 heavy (non-hydrogen) atoms. The first kappa shape index (κ1) is 17.8. The summed E-state index contributed by atoms with van der Waals surface area (Å²) >= 11 is 7.75. The highest BCUT2D eigenvalue weighted by Crippen LogP contribution is 2.29. The minimum Gasteiger partial charge on any atom is -0.285 e. The maximum Gasteiger partial charge on any atom is 0.196 e. The van der Waals surface area contributed by atoms with Gasteiger partial charge in [0.25, 0.3) is 0 Å². The van der Waals surface area contributed by atoms with Gasteiger partial charge in [-0.2, -0.15) is 5.10 Å². The number of rotatable bonds is 7. The summed E-state index contributed by atoms with van der Waals surface area (Å²) in [5.41, 5.74) is 3.26. The summed E-state index contributed by atoms with van der Waals surface area (Å²) < 4.78 is 2.10. The summed E-state index contributed by atoms with van der Waals surface area (Å²) in [6.45, 7) is 0. The molecular formula is C20H18ClN5S. The second-order valence-electron chi connectivity index (χ2n) is 6.04. The molecule has 0 bridgehead atoms. The maximum atomic E-state index is 6.03. The summed E-state index contributed by atoms with van der Waals surface area (Å²) in [5, 5.41) is 17.3. The molecular weight excluding hydrogens is 378 g/mol. The van der Waals surface area contributed by atoms with Crippen molar-refractivity contribution in [3.8, 4) is 17.1 Å². The van der Waals surface area contributed by atoms with Crippen LogP contribution in [0.3, 0.4) is 0 Å². The van der Waals surface area contributed by atoms with Gasteiger partial charge in [0, 0.05) is 28.2 Å². The maximum absolute atomic E-state index is 6.03.